The van der Waals surface area contributed by atoms with Crippen molar-refractivity contribution in [1.29, 1.82) is 0 Å². The fourth-order valence-electron chi connectivity index (χ4n) is 1.83. The van der Waals surface area contributed by atoms with E-state index in [1.807, 2.05) is 18.8 Å². The highest BCUT2D eigenvalue weighted by atomic mass is 35.5. The number of rotatable bonds is 4. The zero-order chi connectivity index (χ0) is 12.5. The fraction of sp³-hybridized carbons (Fsp3) is 0.727. The van der Waals surface area contributed by atoms with Gasteiger partial charge in [-0.3, -0.25) is 4.68 Å². The number of aryl methyl sites for hydroxylation is 1. The summed E-state index contributed by atoms with van der Waals surface area (Å²) in [5.41, 5.74) is 0.967. The molecule has 0 saturated carbocycles. The van der Waals surface area contributed by atoms with Gasteiger partial charge in [-0.05, 0) is 35.0 Å². The summed E-state index contributed by atoms with van der Waals surface area (Å²) in [5.74, 6) is 0. The van der Waals surface area contributed by atoms with E-state index in [0.717, 1.165) is 5.69 Å². The van der Waals surface area contributed by atoms with E-state index in [2.05, 4.69) is 43.3 Å². The number of nitrogens with one attached hydrogen (secondary N) is 1. The van der Waals surface area contributed by atoms with Gasteiger partial charge < -0.3 is 10.2 Å². The first-order valence-electron chi connectivity index (χ1n) is 5.34. The molecule has 0 radical (unpaired) electrons. The van der Waals surface area contributed by atoms with Crippen LogP contribution in [0.15, 0.2) is 6.20 Å². The molecule has 5 heteroatoms. The smallest absolute Gasteiger partial charge is 0.0834 e. The molecule has 0 aliphatic rings. The molecule has 1 atom stereocenters. The van der Waals surface area contributed by atoms with Gasteiger partial charge in [0, 0.05) is 12.6 Å². The van der Waals surface area contributed by atoms with E-state index in [4.69, 9.17) is 11.6 Å². The summed E-state index contributed by atoms with van der Waals surface area (Å²) >= 11 is 6.19. The van der Waals surface area contributed by atoms with Gasteiger partial charge in [0.2, 0.25) is 0 Å². The first-order chi connectivity index (χ1) is 7.32. The Hall–Kier alpha value is -0.580. The summed E-state index contributed by atoms with van der Waals surface area (Å²) in [4.78, 5) is 2.18. The third-order valence-electron chi connectivity index (χ3n) is 3.36. The van der Waals surface area contributed by atoms with E-state index < -0.39 is 0 Å². The van der Waals surface area contributed by atoms with Crippen LogP contribution in [0.2, 0.25) is 5.02 Å². The van der Waals surface area contributed by atoms with Crippen molar-refractivity contribution in [2.24, 2.45) is 7.05 Å². The fourth-order valence-corrected chi connectivity index (χ4v) is 2.10. The van der Waals surface area contributed by atoms with E-state index in [1.54, 1.807) is 6.20 Å². The number of hydrogen-bond donors (Lipinski definition) is 1. The lowest BCUT2D eigenvalue weighted by molar-refractivity contribution is 0.138. The Morgan fingerprint density at radius 3 is 2.38 bits per heavy atom. The summed E-state index contributed by atoms with van der Waals surface area (Å²) in [7, 11) is 7.99. The minimum absolute atomic E-state index is 0.0494. The van der Waals surface area contributed by atoms with Crippen LogP contribution in [-0.4, -0.2) is 41.4 Å². The molecule has 1 rings (SSSR count). The summed E-state index contributed by atoms with van der Waals surface area (Å²) in [6.07, 6.45) is 1.69. The lowest BCUT2D eigenvalue weighted by Gasteiger charge is -2.40. The van der Waals surface area contributed by atoms with Crippen molar-refractivity contribution in [3.63, 3.8) is 0 Å². The Labute approximate surface area is 103 Å². The highest BCUT2D eigenvalue weighted by molar-refractivity contribution is 6.31. The molecule has 1 heterocycles. The molecule has 16 heavy (non-hydrogen) atoms. The van der Waals surface area contributed by atoms with Crippen molar-refractivity contribution in [1.82, 2.24) is 20.0 Å². The zero-order valence-corrected chi connectivity index (χ0v) is 11.6. The molecule has 1 N–H and O–H groups in total. The van der Waals surface area contributed by atoms with Gasteiger partial charge in [-0.25, -0.2) is 0 Å². The summed E-state index contributed by atoms with van der Waals surface area (Å²) in [6, 6.07) is 0.127. The molecule has 0 aliphatic carbocycles. The van der Waals surface area contributed by atoms with Crippen LogP contribution >= 0.6 is 11.6 Å². The van der Waals surface area contributed by atoms with E-state index in [0.29, 0.717) is 5.02 Å². The third-order valence-corrected chi connectivity index (χ3v) is 3.65. The topological polar surface area (TPSA) is 33.1 Å². The average molecular weight is 245 g/mol. The van der Waals surface area contributed by atoms with Crippen LogP contribution in [0.3, 0.4) is 0 Å². The number of nitrogens with zero attached hydrogens (tertiary/aromatic N) is 3. The van der Waals surface area contributed by atoms with Crippen LogP contribution in [-0.2, 0) is 7.05 Å². The highest BCUT2D eigenvalue weighted by Crippen LogP contribution is 2.32. The molecular formula is C11H21ClN4. The van der Waals surface area contributed by atoms with Crippen LogP contribution in [0, 0.1) is 0 Å². The molecule has 92 valence electrons. The van der Waals surface area contributed by atoms with Gasteiger partial charge in [0.1, 0.15) is 0 Å². The Morgan fingerprint density at radius 1 is 1.50 bits per heavy atom. The second-order valence-corrected chi connectivity index (χ2v) is 5.18. The van der Waals surface area contributed by atoms with Crippen LogP contribution < -0.4 is 5.32 Å². The van der Waals surface area contributed by atoms with E-state index in [9.17, 15) is 0 Å². The van der Waals surface area contributed by atoms with E-state index in [1.165, 1.54) is 0 Å². The average Bonchev–Trinajstić information content (AvgIpc) is 2.50. The lowest BCUT2D eigenvalue weighted by Crippen LogP contribution is -2.49. The molecule has 0 aromatic carbocycles. The lowest BCUT2D eigenvalue weighted by atomic mass is 9.90. The monoisotopic (exact) mass is 244 g/mol. The minimum Gasteiger partial charge on any atom is -0.310 e. The number of hydrogen-bond acceptors (Lipinski definition) is 3. The Balaban J connectivity index is 3.18. The predicted octanol–water partition coefficient (Wildman–Crippen LogP) is 1.67. The van der Waals surface area contributed by atoms with Gasteiger partial charge in [0.15, 0.2) is 0 Å². The van der Waals surface area contributed by atoms with Gasteiger partial charge in [0.25, 0.3) is 0 Å². The molecule has 0 saturated heterocycles. The minimum atomic E-state index is -0.0494. The summed E-state index contributed by atoms with van der Waals surface area (Å²) in [6.45, 7) is 4.36. The van der Waals surface area contributed by atoms with Crippen molar-refractivity contribution in [3.05, 3.63) is 16.9 Å². The van der Waals surface area contributed by atoms with E-state index in [-0.39, 0.29) is 11.6 Å². The Kier molecular flexibility index (Phi) is 3.99. The molecule has 0 spiro atoms. The van der Waals surface area contributed by atoms with Gasteiger partial charge >= 0.3 is 0 Å². The molecule has 1 aromatic heterocycles. The maximum atomic E-state index is 6.19. The molecule has 0 bridgehead atoms. The molecule has 1 unspecified atom stereocenters. The highest BCUT2D eigenvalue weighted by Gasteiger charge is 2.34. The number of likely N-dealkylation sites (N-methyl/N-ethyl adjacent to an activating group) is 2. The second kappa shape index (κ2) is 4.73. The summed E-state index contributed by atoms with van der Waals surface area (Å²) < 4.78 is 1.83. The summed E-state index contributed by atoms with van der Waals surface area (Å²) in [5, 5.41) is 8.21. The van der Waals surface area contributed by atoms with Gasteiger partial charge in [-0.15, -0.1) is 0 Å². The largest absolute Gasteiger partial charge is 0.310 e. The first kappa shape index (κ1) is 13.5. The maximum Gasteiger partial charge on any atom is 0.0834 e. The molecule has 0 aliphatic heterocycles. The quantitative estimate of drug-likeness (QED) is 0.875. The molecule has 1 aromatic rings. The van der Waals surface area contributed by atoms with E-state index >= 15 is 0 Å². The SMILES string of the molecule is CNC(c1c(Cl)cnn1C)C(C)(C)N(C)C. The third kappa shape index (κ3) is 2.24. The van der Waals surface area contributed by atoms with Crippen LogP contribution in [0.25, 0.3) is 0 Å². The standard InChI is InChI=1S/C11H21ClN4/c1-11(2,15(4)5)10(13-3)9-8(12)7-14-16(9)6/h7,10,13H,1-6H3. The Bertz CT molecular complexity index is 337. The van der Waals surface area contributed by atoms with Gasteiger partial charge in [-0.2, -0.15) is 5.10 Å². The van der Waals surface area contributed by atoms with Crippen molar-refractivity contribution in [2.75, 3.05) is 21.1 Å². The van der Waals surface area contributed by atoms with Gasteiger partial charge in [0.05, 0.1) is 23.0 Å². The molecule has 0 fully saturated rings. The molecule has 4 nitrogen and oxygen atoms in total. The Morgan fingerprint density at radius 2 is 2.06 bits per heavy atom. The van der Waals surface area contributed by atoms with Crippen molar-refractivity contribution < 1.29 is 0 Å². The van der Waals surface area contributed by atoms with Crippen molar-refractivity contribution in [3.8, 4) is 0 Å². The predicted molar refractivity (Wildman–Crippen MR) is 67.8 cm³/mol. The molecular weight excluding hydrogens is 224 g/mol. The van der Waals surface area contributed by atoms with Crippen LogP contribution in [0.5, 0.6) is 0 Å². The van der Waals surface area contributed by atoms with Crippen molar-refractivity contribution >= 4 is 11.6 Å². The normalized spacial score (nSPS) is 14.5. The maximum absolute atomic E-state index is 6.19. The molecule has 0 amide bonds. The zero-order valence-electron chi connectivity index (χ0n) is 10.9. The van der Waals surface area contributed by atoms with Crippen molar-refractivity contribution in [2.45, 2.75) is 25.4 Å². The second-order valence-electron chi connectivity index (χ2n) is 4.77. The van der Waals surface area contributed by atoms with Crippen LogP contribution in [0.4, 0.5) is 0 Å². The van der Waals surface area contributed by atoms with Gasteiger partial charge in [-0.1, -0.05) is 11.6 Å². The first-order valence-corrected chi connectivity index (χ1v) is 5.72. The number of aromatic nitrogens is 2. The number of halogens is 1. The van der Waals surface area contributed by atoms with Crippen LogP contribution in [0.1, 0.15) is 25.6 Å².